The minimum Gasteiger partial charge on any atom is -0.497 e. The highest BCUT2D eigenvalue weighted by molar-refractivity contribution is 7.20. The number of rotatable bonds is 8. The summed E-state index contributed by atoms with van der Waals surface area (Å²) in [6.45, 7) is 1.90. The van der Waals surface area contributed by atoms with Gasteiger partial charge in [-0.3, -0.25) is 4.79 Å². The van der Waals surface area contributed by atoms with Gasteiger partial charge in [-0.05, 0) is 79.2 Å². The highest BCUT2D eigenvalue weighted by Gasteiger charge is 2.26. The van der Waals surface area contributed by atoms with Crippen molar-refractivity contribution in [1.29, 1.82) is 0 Å². The zero-order valence-corrected chi connectivity index (χ0v) is 22.6. The molecule has 6 aromatic rings. The maximum Gasteiger partial charge on any atom is 0.280 e. The lowest BCUT2D eigenvalue weighted by Crippen LogP contribution is -2.39. The van der Waals surface area contributed by atoms with E-state index in [1.54, 1.807) is 30.1 Å². The van der Waals surface area contributed by atoms with Crippen molar-refractivity contribution < 1.29 is 18.7 Å². The van der Waals surface area contributed by atoms with Crippen molar-refractivity contribution in [3.05, 3.63) is 114 Å². The smallest absolute Gasteiger partial charge is 0.280 e. The Morgan fingerprint density at radius 1 is 0.975 bits per heavy atom. The molecule has 200 valence electrons. The largest absolute Gasteiger partial charge is 0.497 e. The van der Waals surface area contributed by atoms with E-state index in [0.29, 0.717) is 16.5 Å². The molecule has 2 atom stereocenters. The van der Waals surface area contributed by atoms with Gasteiger partial charge in [0.2, 0.25) is 0 Å². The molecule has 2 aromatic heterocycles. The van der Waals surface area contributed by atoms with Crippen LogP contribution in [0.3, 0.4) is 0 Å². The van der Waals surface area contributed by atoms with Gasteiger partial charge in [0.15, 0.2) is 5.01 Å². The molecule has 40 heavy (non-hydrogen) atoms. The van der Waals surface area contributed by atoms with Gasteiger partial charge < -0.3 is 14.8 Å². The van der Waals surface area contributed by atoms with Gasteiger partial charge in [0, 0.05) is 5.39 Å². The van der Waals surface area contributed by atoms with Gasteiger partial charge in [-0.1, -0.05) is 24.3 Å². The molecule has 6 rings (SSSR count). The van der Waals surface area contributed by atoms with Crippen molar-refractivity contribution in [3.63, 3.8) is 0 Å². The minimum absolute atomic E-state index is 0.263. The van der Waals surface area contributed by atoms with Gasteiger partial charge in [0.1, 0.15) is 23.4 Å². The lowest BCUT2D eigenvalue weighted by Gasteiger charge is -2.26. The van der Waals surface area contributed by atoms with Crippen LogP contribution in [0.25, 0.3) is 26.8 Å². The highest BCUT2D eigenvalue weighted by atomic mass is 32.1. The standard InChI is InChI=1S/C31H25FN4O3S/c1-19(34-30(37)31-35-26-8-3-4-9-28(26)40-31)29(20-6-5-7-24(16-20)38-2)39-25-14-15-27-21(17-25)18-33-36(27)23-12-10-22(32)11-13-23/h3-19,29H,1-2H3,(H,34,37). The molecule has 4 aromatic carbocycles. The second kappa shape index (κ2) is 10.8. The first-order valence-electron chi connectivity index (χ1n) is 12.7. The molecular weight excluding hydrogens is 527 g/mol. The van der Waals surface area contributed by atoms with Gasteiger partial charge in [0.25, 0.3) is 5.91 Å². The van der Waals surface area contributed by atoms with Crippen LogP contribution < -0.4 is 14.8 Å². The number of amides is 1. The van der Waals surface area contributed by atoms with E-state index in [-0.39, 0.29) is 11.7 Å². The van der Waals surface area contributed by atoms with Crippen LogP contribution in [-0.2, 0) is 0 Å². The first-order chi connectivity index (χ1) is 19.5. The van der Waals surface area contributed by atoms with Crippen LogP contribution in [0.15, 0.2) is 97.2 Å². The van der Waals surface area contributed by atoms with E-state index in [1.807, 2.05) is 73.7 Å². The number of carbonyl (C=O) groups is 1. The minimum atomic E-state index is -0.530. The molecule has 0 aliphatic heterocycles. The fourth-order valence-electron chi connectivity index (χ4n) is 4.61. The Labute approximate surface area is 233 Å². The average molecular weight is 553 g/mol. The number of nitrogens with one attached hydrogen (secondary N) is 1. The van der Waals surface area contributed by atoms with Crippen molar-refractivity contribution in [1.82, 2.24) is 20.1 Å². The molecule has 0 spiro atoms. The number of halogens is 1. The number of thiazole rings is 1. The van der Waals surface area contributed by atoms with Crippen LogP contribution in [0.5, 0.6) is 11.5 Å². The summed E-state index contributed by atoms with van der Waals surface area (Å²) in [6.07, 6.45) is 1.21. The molecule has 0 saturated carbocycles. The Hall–Kier alpha value is -4.76. The second-order valence-corrected chi connectivity index (χ2v) is 10.3. The molecule has 1 N–H and O–H groups in total. The summed E-state index contributed by atoms with van der Waals surface area (Å²) in [5.74, 6) is 0.733. The van der Waals surface area contributed by atoms with Crippen LogP contribution in [0.2, 0.25) is 0 Å². The van der Waals surface area contributed by atoms with Crippen LogP contribution >= 0.6 is 11.3 Å². The fourth-order valence-corrected chi connectivity index (χ4v) is 5.48. The van der Waals surface area contributed by atoms with Gasteiger partial charge in [-0.15, -0.1) is 11.3 Å². The first kappa shape index (κ1) is 25.5. The van der Waals surface area contributed by atoms with Crippen LogP contribution in [0, 0.1) is 5.82 Å². The number of fused-ring (bicyclic) bond motifs is 2. The lowest BCUT2D eigenvalue weighted by atomic mass is 10.0. The molecule has 1 amide bonds. The topological polar surface area (TPSA) is 78.3 Å². The Morgan fingerprint density at radius 3 is 2.60 bits per heavy atom. The summed E-state index contributed by atoms with van der Waals surface area (Å²) < 4.78 is 28.1. The molecule has 0 saturated heterocycles. The predicted octanol–water partition coefficient (Wildman–Crippen LogP) is 6.72. The van der Waals surface area contributed by atoms with Gasteiger partial charge in [-0.25, -0.2) is 14.1 Å². The molecule has 7 nitrogen and oxygen atoms in total. The number of hydrogen-bond donors (Lipinski definition) is 1. The molecule has 2 heterocycles. The average Bonchev–Trinajstić information content (AvgIpc) is 3.61. The molecule has 9 heteroatoms. The number of para-hydroxylation sites is 1. The van der Waals surface area contributed by atoms with Gasteiger partial charge in [0.05, 0.1) is 40.8 Å². The Balaban J connectivity index is 1.29. The first-order valence-corrected chi connectivity index (χ1v) is 13.5. The molecule has 0 fully saturated rings. The molecule has 2 unspecified atom stereocenters. The summed E-state index contributed by atoms with van der Waals surface area (Å²) in [7, 11) is 1.61. The van der Waals surface area contributed by atoms with Crippen LogP contribution in [0.1, 0.15) is 28.4 Å². The SMILES string of the molecule is COc1cccc(C(Oc2ccc3c(cnn3-c3ccc(F)cc3)c2)C(C)NC(=O)c2nc3ccccc3s2)c1. The van der Waals surface area contributed by atoms with Crippen LogP contribution in [0.4, 0.5) is 4.39 Å². The van der Waals surface area contributed by atoms with Crippen molar-refractivity contribution in [2.24, 2.45) is 0 Å². The maximum atomic E-state index is 13.4. The molecule has 0 bridgehead atoms. The third-order valence-electron chi connectivity index (χ3n) is 6.60. The van der Waals surface area contributed by atoms with E-state index >= 15 is 0 Å². The van der Waals surface area contributed by atoms with Gasteiger partial charge >= 0.3 is 0 Å². The normalized spacial score (nSPS) is 12.8. The van der Waals surface area contributed by atoms with E-state index in [1.165, 1.54) is 23.5 Å². The summed E-state index contributed by atoms with van der Waals surface area (Å²) >= 11 is 1.35. The van der Waals surface area contributed by atoms with E-state index in [9.17, 15) is 9.18 Å². The van der Waals surface area contributed by atoms with E-state index in [2.05, 4.69) is 15.4 Å². The third kappa shape index (κ3) is 5.11. The third-order valence-corrected chi connectivity index (χ3v) is 7.63. The van der Waals surface area contributed by atoms with E-state index < -0.39 is 12.1 Å². The Kier molecular flexibility index (Phi) is 6.88. The zero-order valence-electron chi connectivity index (χ0n) is 21.7. The fraction of sp³-hybridized carbons (Fsp3) is 0.129. The Morgan fingerprint density at radius 2 is 1.80 bits per heavy atom. The van der Waals surface area contributed by atoms with Crippen molar-refractivity contribution >= 4 is 38.4 Å². The van der Waals surface area contributed by atoms with Crippen molar-refractivity contribution in [2.75, 3.05) is 7.11 Å². The molecule has 0 aliphatic rings. The number of hydrogen-bond acceptors (Lipinski definition) is 6. The summed E-state index contributed by atoms with van der Waals surface area (Å²) in [6, 6.07) is 26.7. The number of methoxy groups -OCH3 is 1. The quantitative estimate of drug-likeness (QED) is 0.227. The molecule has 0 aliphatic carbocycles. The highest BCUT2D eigenvalue weighted by Crippen LogP contribution is 2.31. The Bertz CT molecular complexity index is 1780. The number of carbonyl (C=O) groups excluding carboxylic acids is 1. The van der Waals surface area contributed by atoms with Crippen molar-refractivity contribution in [2.45, 2.75) is 19.1 Å². The summed E-state index contributed by atoms with van der Waals surface area (Å²) in [5.41, 5.74) is 3.25. The molecular formula is C31H25FN4O3S. The second-order valence-electron chi connectivity index (χ2n) is 9.32. The summed E-state index contributed by atoms with van der Waals surface area (Å²) in [4.78, 5) is 17.7. The number of benzene rings is 4. The van der Waals surface area contributed by atoms with E-state index in [0.717, 1.165) is 32.4 Å². The summed E-state index contributed by atoms with van der Waals surface area (Å²) in [5, 5.41) is 8.81. The number of aromatic nitrogens is 3. The van der Waals surface area contributed by atoms with Crippen LogP contribution in [-0.4, -0.2) is 33.8 Å². The maximum absolute atomic E-state index is 13.4. The monoisotopic (exact) mass is 552 g/mol. The van der Waals surface area contributed by atoms with Crippen molar-refractivity contribution in [3.8, 4) is 17.2 Å². The zero-order chi connectivity index (χ0) is 27.6. The number of nitrogens with zero attached hydrogens (tertiary/aromatic N) is 3. The van der Waals surface area contributed by atoms with Gasteiger partial charge in [-0.2, -0.15) is 5.10 Å². The lowest BCUT2D eigenvalue weighted by molar-refractivity contribution is 0.0881. The number of ether oxygens (including phenoxy) is 2. The van der Waals surface area contributed by atoms with E-state index in [4.69, 9.17) is 9.47 Å². The molecule has 0 radical (unpaired) electrons. The predicted molar refractivity (Wildman–Crippen MR) is 154 cm³/mol.